The largest absolute Gasteiger partial charge is 0.398 e. The zero-order valence-electron chi connectivity index (χ0n) is 5.69. The molecular weight excluding hydrogens is 148 g/mol. The molecule has 0 saturated carbocycles. The van der Waals surface area contributed by atoms with E-state index in [1.165, 1.54) is 0 Å². The van der Waals surface area contributed by atoms with Crippen molar-refractivity contribution in [2.75, 3.05) is 18.1 Å². The molecule has 0 aliphatic carbocycles. The lowest BCUT2D eigenvalue weighted by Crippen LogP contribution is -1.90. The predicted octanol–water partition coefficient (Wildman–Crippen LogP) is 1.96. The Bertz CT molecular complexity index is 235. The van der Waals surface area contributed by atoms with E-state index < -0.39 is 0 Å². The first-order chi connectivity index (χ1) is 4.74. The van der Waals surface area contributed by atoms with Crippen LogP contribution in [-0.4, -0.2) is 7.05 Å². The quantitative estimate of drug-likeness (QED) is 0.611. The van der Waals surface area contributed by atoms with Crippen molar-refractivity contribution < 1.29 is 0 Å². The van der Waals surface area contributed by atoms with Crippen molar-refractivity contribution >= 4 is 23.0 Å². The topological polar surface area (TPSA) is 38.0 Å². The van der Waals surface area contributed by atoms with E-state index in [9.17, 15) is 0 Å². The van der Waals surface area contributed by atoms with Gasteiger partial charge in [-0.3, -0.25) is 0 Å². The van der Waals surface area contributed by atoms with Crippen LogP contribution in [0.25, 0.3) is 0 Å². The average molecular weight is 157 g/mol. The molecule has 0 heterocycles. The molecule has 0 aliphatic rings. The highest BCUT2D eigenvalue weighted by Crippen LogP contribution is 2.21. The van der Waals surface area contributed by atoms with Gasteiger partial charge in [0.05, 0.1) is 10.7 Å². The van der Waals surface area contributed by atoms with Gasteiger partial charge in [-0.15, -0.1) is 0 Å². The molecule has 54 valence electrons. The maximum absolute atomic E-state index is 5.73. The fourth-order valence-electron chi connectivity index (χ4n) is 0.683. The van der Waals surface area contributed by atoms with Crippen LogP contribution in [0.4, 0.5) is 11.4 Å². The molecule has 2 nitrogen and oxygen atoms in total. The molecule has 0 aromatic heterocycles. The molecule has 0 spiro atoms. The summed E-state index contributed by atoms with van der Waals surface area (Å²) in [4.78, 5) is 0. The summed E-state index contributed by atoms with van der Waals surface area (Å²) < 4.78 is 0. The van der Waals surface area contributed by atoms with E-state index in [1.54, 1.807) is 12.1 Å². The number of benzene rings is 1. The van der Waals surface area contributed by atoms with E-state index in [4.69, 9.17) is 17.3 Å². The Hall–Kier alpha value is -0.890. The van der Waals surface area contributed by atoms with Crippen LogP contribution in [0.3, 0.4) is 0 Å². The first-order valence-electron chi connectivity index (χ1n) is 2.97. The van der Waals surface area contributed by atoms with Gasteiger partial charge in [0.15, 0.2) is 0 Å². The Balaban J connectivity index is 3.04. The molecule has 3 N–H and O–H groups in total. The Morgan fingerprint density at radius 1 is 1.50 bits per heavy atom. The summed E-state index contributed by atoms with van der Waals surface area (Å²) in [6, 6.07) is 5.44. The molecule has 0 bridgehead atoms. The maximum atomic E-state index is 5.73. The summed E-state index contributed by atoms with van der Waals surface area (Å²) in [5.41, 5.74) is 7.07. The Morgan fingerprint density at radius 2 is 2.20 bits per heavy atom. The van der Waals surface area contributed by atoms with E-state index >= 15 is 0 Å². The molecule has 0 atom stereocenters. The number of halogens is 1. The fourth-order valence-corrected chi connectivity index (χ4v) is 0.863. The minimum absolute atomic E-state index is 0.590. The zero-order chi connectivity index (χ0) is 7.56. The highest BCUT2D eigenvalue weighted by molar-refractivity contribution is 6.33. The molecule has 1 rings (SSSR count). The standard InChI is InChI=1S/C7H9ClN2/c1-10-5-2-3-7(9)6(8)4-5/h2-4,10H,9H2,1H3. The minimum atomic E-state index is 0.590. The van der Waals surface area contributed by atoms with E-state index in [1.807, 2.05) is 13.1 Å². The number of nitrogens with two attached hydrogens (primary N) is 1. The van der Waals surface area contributed by atoms with E-state index in [0.29, 0.717) is 10.7 Å². The van der Waals surface area contributed by atoms with Crippen LogP contribution < -0.4 is 11.1 Å². The first kappa shape index (κ1) is 7.22. The second-order valence-electron chi connectivity index (χ2n) is 1.99. The third-order valence-electron chi connectivity index (χ3n) is 1.29. The average Bonchev–Trinajstić information content (AvgIpc) is 1.95. The lowest BCUT2D eigenvalue weighted by molar-refractivity contribution is 1.51. The zero-order valence-corrected chi connectivity index (χ0v) is 6.44. The Morgan fingerprint density at radius 3 is 2.70 bits per heavy atom. The van der Waals surface area contributed by atoms with Crippen LogP contribution >= 0.6 is 11.6 Å². The third kappa shape index (κ3) is 1.33. The summed E-state index contributed by atoms with van der Waals surface area (Å²) in [6.45, 7) is 0. The third-order valence-corrected chi connectivity index (χ3v) is 1.62. The van der Waals surface area contributed by atoms with E-state index in [0.717, 1.165) is 5.69 Å². The van der Waals surface area contributed by atoms with Crippen LogP contribution in [0.1, 0.15) is 0 Å². The van der Waals surface area contributed by atoms with Crippen LogP contribution in [0.5, 0.6) is 0 Å². The molecule has 0 saturated heterocycles. The van der Waals surface area contributed by atoms with Crippen LogP contribution in [0, 0.1) is 0 Å². The molecule has 1 aromatic carbocycles. The number of anilines is 2. The predicted molar refractivity (Wildman–Crippen MR) is 45.4 cm³/mol. The second kappa shape index (κ2) is 2.80. The summed E-state index contributed by atoms with van der Waals surface area (Å²) in [6.07, 6.45) is 0. The SMILES string of the molecule is CNc1ccc(N)c(Cl)c1. The van der Waals surface area contributed by atoms with Gasteiger partial charge in [0.2, 0.25) is 0 Å². The Kier molecular flexibility index (Phi) is 2.02. The van der Waals surface area contributed by atoms with Crippen molar-refractivity contribution in [3.05, 3.63) is 23.2 Å². The van der Waals surface area contributed by atoms with Gasteiger partial charge < -0.3 is 11.1 Å². The highest BCUT2D eigenvalue weighted by Gasteiger charge is 1.94. The van der Waals surface area contributed by atoms with E-state index in [2.05, 4.69) is 5.32 Å². The van der Waals surface area contributed by atoms with Gasteiger partial charge in [0.1, 0.15) is 0 Å². The number of rotatable bonds is 1. The summed E-state index contributed by atoms with van der Waals surface area (Å²) in [5.74, 6) is 0. The molecule has 3 heteroatoms. The maximum Gasteiger partial charge on any atom is 0.0655 e. The summed E-state index contributed by atoms with van der Waals surface area (Å²) in [7, 11) is 1.84. The van der Waals surface area contributed by atoms with Gasteiger partial charge >= 0.3 is 0 Å². The van der Waals surface area contributed by atoms with Crippen molar-refractivity contribution in [3.63, 3.8) is 0 Å². The summed E-state index contributed by atoms with van der Waals surface area (Å²) in [5, 5.41) is 3.54. The van der Waals surface area contributed by atoms with Crippen LogP contribution in [0.15, 0.2) is 18.2 Å². The minimum Gasteiger partial charge on any atom is -0.398 e. The van der Waals surface area contributed by atoms with E-state index in [-0.39, 0.29) is 0 Å². The number of nitrogens with one attached hydrogen (secondary N) is 1. The second-order valence-corrected chi connectivity index (χ2v) is 2.39. The number of nitrogen functional groups attached to an aromatic ring is 1. The fraction of sp³-hybridized carbons (Fsp3) is 0.143. The lowest BCUT2D eigenvalue weighted by Gasteiger charge is -2.01. The van der Waals surface area contributed by atoms with Crippen molar-refractivity contribution in [3.8, 4) is 0 Å². The molecule has 0 radical (unpaired) electrons. The first-order valence-corrected chi connectivity index (χ1v) is 3.34. The highest BCUT2D eigenvalue weighted by atomic mass is 35.5. The van der Waals surface area contributed by atoms with Gasteiger partial charge in [-0.1, -0.05) is 11.6 Å². The normalized spacial score (nSPS) is 9.40. The van der Waals surface area contributed by atoms with Gasteiger partial charge in [0, 0.05) is 12.7 Å². The monoisotopic (exact) mass is 156 g/mol. The van der Waals surface area contributed by atoms with Crippen LogP contribution in [-0.2, 0) is 0 Å². The van der Waals surface area contributed by atoms with Crippen molar-refractivity contribution in [2.45, 2.75) is 0 Å². The van der Waals surface area contributed by atoms with Crippen molar-refractivity contribution in [1.82, 2.24) is 0 Å². The van der Waals surface area contributed by atoms with Gasteiger partial charge in [-0.2, -0.15) is 0 Å². The van der Waals surface area contributed by atoms with Crippen LogP contribution in [0.2, 0.25) is 5.02 Å². The molecule has 0 aliphatic heterocycles. The molecule has 0 amide bonds. The molecule has 1 aromatic rings. The Labute approximate surface area is 65.0 Å². The number of hydrogen-bond acceptors (Lipinski definition) is 2. The summed E-state index contributed by atoms with van der Waals surface area (Å²) >= 11 is 5.73. The van der Waals surface area contributed by atoms with Gasteiger partial charge in [-0.05, 0) is 18.2 Å². The van der Waals surface area contributed by atoms with Crippen molar-refractivity contribution in [2.24, 2.45) is 0 Å². The van der Waals surface area contributed by atoms with Crippen molar-refractivity contribution in [1.29, 1.82) is 0 Å². The van der Waals surface area contributed by atoms with Gasteiger partial charge in [-0.25, -0.2) is 0 Å². The molecule has 10 heavy (non-hydrogen) atoms. The molecule has 0 unspecified atom stereocenters. The molecular formula is C7H9ClN2. The van der Waals surface area contributed by atoms with Gasteiger partial charge in [0.25, 0.3) is 0 Å². The smallest absolute Gasteiger partial charge is 0.0655 e. The number of hydrogen-bond donors (Lipinski definition) is 2. The lowest BCUT2D eigenvalue weighted by atomic mass is 10.3. The molecule has 0 fully saturated rings.